The number of halogens is 1. The molecule has 1 aliphatic carbocycles. The molecule has 1 aliphatic heterocycles. The Hall–Kier alpha value is -2.39. The van der Waals surface area contributed by atoms with Gasteiger partial charge in [-0.3, -0.25) is 4.90 Å². The summed E-state index contributed by atoms with van der Waals surface area (Å²) in [5.41, 5.74) is -0.0158. The van der Waals surface area contributed by atoms with Gasteiger partial charge in [0.1, 0.15) is 0 Å². The minimum absolute atomic E-state index is 0.0317. The summed E-state index contributed by atoms with van der Waals surface area (Å²) in [6.45, 7) is 8.30. The Bertz CT molecular complexity index is 866. The van der Waals surface area contributed by atoms with E-state index in [-0.39, 0.29) is 19.1 Å². The Kier molecular flexibility index (Phi) is 9.31. The van der Waals surface area contributed by atoms with Crippen molar-refractivity contribution < 1.29 is 19.4 Å². The lowest BCUT2D eigenvalue weighted by atomic mass is 9.93. The molecule has 3 rings (SSSR count). The monoisotopic (exact) mass is 476 g/mol. The van der Waals surface area contributed by atoms with Crippen molar-refractivity contribution in [3.8, 4) is 0 Å². The summed E-state index contributed by atoms with van der Waals surface area (Å²) in [5, 5.41) is 16.7. The lowest BCUT2D eigenvalue weighted by Gasteiger charge is -2.34. The zero-order valence-electron chi connectivity index (χ0n) is 19.1. The number of ether oxygens (including phenoxy) is 1. The van der Waals surface area contributed by atoms with Crippen LogP contribution in [0, 0.1) is 0 Å². The molecular formula is C24H33ClN4O4. The van der Waals surface area contributed by atoms with Crippen molar-refractivity contribution in [3.63, 3.8) is 0 Å². The van der Waals surface area contributed by atoms with Crippen molar-refractivity contribution >= 4 is 23.6 Å². The Morgan fingerprint density at radius 2 is 1.85 bits per heavy atom. The van der Waals surface area contributed by atoms with Gasteiger partial charge in [-0.1, -0.05) is 29.8 Å². The molecule has 1 aromatic carbocycles. The van der Waals surface area contributed by atoms with Gasteiger partial charge in [0.2, 0.25) is 0 Å². The highest BCUT2D eigenvalue weighted by atomic mass is 35.5. The molecule has 0 spiro atoms. The summed E-state index contributed by atoms with van der Waals surface area (Å²) in [6.07, 6.45) is 5.40. The van der Waals surface area contributed by atoms with Crippen LogP contribution < -0.4 is 10.6 Å². The fraction of sp³-hybridized carbons (Fsp3) is 0.500. The molecule has 3 N–H and O–H groups in total. The molecule has 0 radical (unpaired) electrons. The van der Waals surface area contributed by atoms with Crippen molar-refractivity contribution in [3.05, 3.63) is 58.8 Å². The summed E-state index contributed by atoms with van der Waals surface area (Å²) in [7, 11) is 0. The van der Waals surface area contributed by atoms with Gasteiger partial charge in [0.15, 0.2) is 5.60 Å². The van der Waals surface area contributed by atoms with Crippen molar-refractivity contribution in [1.29, 1.82) is 0 Å². The van der Waals surface area contributed by atoms with E-state index in [9.17, 15) is 14.7 Å². The minimum atomic E-state index is -1.75. The maximum Gasteiger partial charge on any atom is 0.342 e. The molecule has 33 heavy (non-hydrogen) atoms. The van der Waals surface area contributed by atoms with Crippen LogP contribution in [0.15, 0.2) is 48.2 Å². The average Bonchev–Trinajstić information content (AvgIpc) is 2.79. The van der Waals surface area contributed by atoms with Crippen LogP contribution >= 0.6 is 11.6 Å². The molecule has 1 fully saturated rings. The summed E-state index contributed by atoms with van der Waals surface area (Å²) in [5.74, 6) is -0.720. The van der Waals surface area contributed by atoms with Gasteiger partial charge in [0.05, 0.1) is 6.61 Å². The van der Waals surface area contributed by atoms with Crippen LogP contribution in [0.2, 0.25) is 5.02 Å². The molecule has 0 aromatic heterocycles. The van der Waals surface area contributed by atoms with E-state index in [1.165, 1.54) is 11.6 Å². The van der Waals surface area contributed by atoms with Gasteiger partial charge in [-0.05, 0) is 49.7 Å². The normalized spacial score (nSPS) is 21.4. The number of benzene rings is 1. The average molecular weight is 477 g/mol. The molecule has 0 bridgehead atoms. The van der Waals surface area contributed by atoms with Crippen LogP contribution in [0.25, 0.3) is 0 Å². The smallest absolute Gasteiger partial charge is 0.342 e. The summed E-state index contributed by atoms with van der Waals surface area (Å²) in [4.78, 5) is 29.0. The lowest BCUT2D eigenvalue weighted by Crippen LogP contribution is -2.46. The minimum Gasteiger partial charge on any atom is -0.464 e. The number of piperazine rings is 1. The standard InChI is InChI=1S/C24H33ClN4O4/c1-2-33-22(30)24(32)10-3-5-21(17-24)27-23(31)26-11-4-12-28-13-15-29(16-14-28)18-19-6-8-20(25)9-7-19/h3,5-10,32H,2,4,11-18H2,1H3,(H2,26,27,31). The van der Waals surface area contributed by atoms with Gasteiger partial charge >= 0.3 is 12.0 Å². The highest BCUT2D eigenvalue weighted by Gasteiger charge is 2.37. The number of aliphatic hydroxyl groups is 1. The Balaban J connectivity index is 1.29. The third-order valence-corrected chi connectivity index (χ3v) is 6.01. The molecule has 1 saturated heterocycles. The number of nitrogens with one attached hydrogen (secondary N) is 2. The molecule has 9 heteroatoms. The lowest BCUT2D eigenvalue weighted by molar-refractivity contribution is -0.160. The van der Waals surface area contributed by atoms with Gasteiger partial charge in [-0.2, -0.15) is 0 Å². The maximum absolute atomic E-state index is 12.2. The molecule has 1 atom stereocenters. The quantitative estimate of drug-likeness (QED) is 0.374. The van der Waals surface area contributed by atoms with E-state index in [1.54, 1.807) is 19.1 Å². The van der Waals surface area contributed by atoms with Crippen molar-refractivity contribution in [2.75, 3.05) is 45.9 Å². The van der Waals surface area contributed by atoms with Crippen LogP contribution in [0.5, 0.6) is 0 Å². The van der Waals surface area contributed by atoms with E-state index in [2.05, 4.69) is 32.6 Å². The molecule has 1 aromatic rings. The van der Waals surface area contributed by atoms with E-state index in [0.717, 1.165) is 50.7 Å². The first kappa shape index (κ1) is 25.2. The molecule has 2 aliphatic rings. The van der Waals surface area contributed by atoms with Gasteiger partial charge in [-0.25, -0.2) is 9.59 Å². The van der Waals surface area contributed by atoms with Crippen molar-refractivity contribution in [2.24, 2.45) is 0 Å². The number of carbonyl (C=O) groups excluding carboxylic acids is 2. The fourth-order valence-corrected chi connectivity index (χ4v) is 4.05. The molecule has 1 heterocycles. The number of esters is 1. The Morgan fingerprint density at radius 1 is 1.15 bits per heavy atom. The third kappa shape index (κ3) is 7.85. The summed E-state index contributed by atoms with van der Waals surface area (Å²) < 4.78 is 4.91. The first-order valence-corrected chi connectivity index (χ1v) is 11.8. The maximum atomic E-state index is 12.2. The highest BCUT2D eigenvalue weighted by Crippen LogP contribution is 2.23. The number of hydrogen-bond donors (Lipinski definition) is 3. The zero-order valence-corrected chi connectivity index (χ0v) is 19.8. The molecule has 2 amide bonds. The van der Waals surface area contributed by atoms with E-state index in [4.69, 9.17) is 16.3 Å². The van der Waals surface area contributed by atoms with Crippen LogP contribution in [-0.2, 0) is 16.1 Å². The summed E-state index contributed by atoms with van der Waals surface area (Å²) in [6, 6.07) is 7.65. The van der Waals surface area contributed by atoms with Crippen molar-refractivity contribution in [1.82, 2.24) is 20.4 Å². The van der Waals surface area contributed by atoms with E-state index < -0.39 is 11.6 Å². The number of amides is 2. The van der Waals surface area contributed by atoms with Crippen LogP contribution in [-0.4, -0.2) is 78.4 Å². The second kappa shape index (κ2) is 12.2. The summed E-state index contributed by atoms with van der Waals surface area (Å²) >= 11 is 5.95. The molecule has 180 valence electrons. The number of rotatable bonds is 9. The van der Waals surface area contributed by atoms with Gasteiger partial charge in [0, 0.05) is 56.4 Å². The molecule has 1 unspecified atom stereocenters. The zero-order chi connectivity index (χ0) is 23.7. The number of hydrogen-bond acceptors (Lipinski definition) is 6. The molecule has 8 nitrogen and oxygen atoms in total. The topological polar surface area (TPSA) is 94.1 Å². The Labute approximate surface area is 200 Å². The SMILES string of the molecule is CCOC(=O)C1(O)C=CC=C(NC(=O)NCCCN2CCN(Cc3ccc(Cl)cc3)CC2)C1. The van der Waals surface area contributed by atoms with E-state index in [0.29, 0.717) is 12.2 Å². The second-order valence-corrected chi connectivity index (χ2v) is 8.79. The number of carbonyl (C=O) groups is 2. The number of urea groups is 1. The predicted octanol–water partition coefficient (Wildman–Crippen LogP) is 2.28. The highest BCUT2D eigenvalue weighted by molar-refractivity contribution is 6.30. The van der Waals surface area contributed by atoms with Crippen LogP contribution in [0.1, 0.15) is 25.3 Å². The Morgan fingerprint density at radius 3 is 2.55 bits per heavy atom. The first-order chi connectivity index (χ1) is 15.9. The van der Waals surface area contributed by atoms with Crippen LogP contribution in [0.3, 0.4) is 0 Å². The second-order valence-electron chi connectivity index (χ2n) is 8.35. The predicted molar refractivity (Wildman–Crippen MR) is 128 cm³/mol. The van der Waals surface area contributed by atoms with E-state index >= 15 is 0 Å². The van der Waals surface area contributed by atoms with Crippen LogP contribution in [0.4, 0.5) is 4.79 Å². The largest absolute Gasteiger partial charge is 0.464 e. The first-order valence-electron chi connectivity index (χ1n) is 11.4. The van der Waals surface area contributed by atoms with E-state index in [1.807, 2.05) is 12.1 Å². The number of nitrogens with zero attached hydrogens (tertiary/aromatic N) is 2. The van der Waals surface area contributed by atoms with Crippen molar-refractivity contribution in [2.45, 2.75) is 31.9 Å². The van der Waals surface area contributed by atoms with Gasteiger partial charge in [0.25, 0.3) is 0 Å². The number of allylic oxidation sites excluding steroid dienone is 2. The van der Waals surface area contributed by atoms with Gasteiger partial charge in [-0.15, -0.1) is 0 Å². The fourth-order valence-electron chi connectivity index (χ4n) is 3.93. The molecule has 0 saturated carbocycles. The third-order valence-electron chi connectivity index (χ3n) is 5.75. The van der Waals surface area contributed by atoms with Gasteiger partial charge < -0.3 is 25.4 Å². The molecular weight excluding hydrogens is 444 g/mol.